The number of unbranched alkanes of at least 4 members (excludes halogenated alkanes) is 1. The van der Waals surface area contributed by atoms with Gasteiger partial charge in [-0.1, -0.05) is 61.4 Å². The highest BCUT2D eigenvalue weighted by molar-refractivity contribution is 7.83. The maximum absolute atomic E-state index is 12.6. The summed E-state index contributed by atoms with van der Waals surface area (Å²) >= 11 is 0. The van der Waals surface area contributed by atoms with Crippen LogP contribution in [0.4, 0.5) is 0 Å². The summed E-state index contributed by atoms with van der Waals surface area (Å²) in [6, 6.07) is 17.1. The molecular formula is C20H25NO2S. The van der Waals surface area contributed by atoms with Crippen molar-refractivity contribution in [1.82, 2.24) is 4.72 Å². The Hall–Kier alpha value is -1.78. The zero-order valence-electron chi connectivity index (χ0n) is 14.3. The first kappa shape index (κ1) is 18.6. The molecule has 1 unspecified atom stereocenters. The van der Waals surface area contributed by atoms with Crippen molar-refractivity contribution in [3.63, 3.8) is 0 Å². The average Bonchev–Trinajstić information content (AvgIpc) is 2.60. The van der Waals surface area contributed by atoms with Crippen molar-refractivity contribution >= 4 is 16.8 Å². The highest BCUT2D eigenvalue weighted by Crippen LogP contribution is 2.20. The van der Waals surface area contributed by atoms with Gasteiger partial charge in [0.05, 0.1) is 10.9 Å². The molecule has 0 fully saturated rings. The molecule has 0 aromatic heterocycles. The van der Waals surface area contributed by atoms with Gasteiger partial charge in [-0.15, -0.1) is 0 Å². The lowest BCUT2D eigenvalue weighted by molar-refractivity contribution is -0.119. The minimum atomic E-state index is -1.35. The van der Waals surface area contributed by atoms with E-state index < -0.39 is 11.0 Å². The summed E-state index contributed by atoms with van der Waals surface area (Å²) in [6.07, 6.45) is 2.85. The molecule has 2 aromatic rings. The molecule has 0 bridgehead atoms. The zero-order chi connectivity index (χ0) is 17.4. The van der Waals surface area contributed by atoms with Crippen LogP contribution in [-0.2, 0) is 15.8 Å². The second-order valence-corrected chi connectivity index (χ2v) is 7.25. The van der Waals surface area contributed by atoms with E-state index in [9.17, 15) is 9.00 Å². The van der Waals surface area contributed by atoms with Crippen molar-refractivity contribution in [2.45, 2.75) is 50.5 Å². The number of carbonyl (C=O) groups is 1. The minimum Gasteiger partial charge on any atom is -0.300 e. The predicted octanol–water partition coefficient (Wildman–Crippen LogP) is 4.50. The molecule has 3 nitrogen and oxygen atoms in total. The van der Waals surface area contributed by atoms with Gasteiger partial charge in [-0.3, -0.25) is 4.79 Å². The van der Waals surface area contributed by atoms with Gasteiger partial charge in [0.2, 0.25) is 0 Å². The fraction of sp³-hybridized carbons (Fsp3) is 0.350. The normalized spacial score (nSPS) is 13.4. The van der Waals surface area contributed by atoms with Crippen molar-refractivity contribution in [2.24, 2.45) is 0 Å². The molecule has 0 saturated carbocycles. The number of Topliss-reactive ketones (excluding diaryl/α,β-unsaturated/α-hetero) is 1. The topological polar surface area (TPSA) is 46.2 Å². The van der Waals surface area contributed by atoms with Gasteiger partial charge in [-0.2, -0.15) is 0 Å². The van der Waals surface area contributed by atoms with Crippen molar-refractivity contribution in [2.75, 3.05) is 0 Å². The number of ketones is 1. The van der Waals surface area contributed by atoms with E-state index in [1.54, 1.807) is 0 Å². The average molecular weight is 343 g/mol. The van der Waals surface area contributed by atoms with E-state index in [0.29, 0.717) is 12.8 Å². The fourth-order valence-corrected chi connectivity index (χ4v) is 3.47. The molecule has 2 aromatic carbocycles. The molecule has 4 heteroatoms. The van der Waals surface area contributed by atoms with Crippen LogP contribution in [0.2, 0.25) is 0 Å². The molecule has 1 N–H and O–H groups in total. The van der Waals surface area contributed by atoms with E-state index in [2.05, 4.69) is 11.6 Å². The Kier molecular flexibility index (Phi) is 7.35. The molecule has 2 atom stereocenters. The Balaban J connectivity index is 2.12. The molecule has 0 aliphatic carbocycles. The Morgan fingerprint density at radius 3 is 2.38 bits per heavy atom. The third-order valence-electron chi connectivity index (χ3n) is 3.93. The molecule has 0 spiro atoms. The Bertz CT molecular complexity index is 668. The van der Waals surface area contributed by atoms with Crippen LogP contribution in [0.1, 0.15) is 49.8 Å². The van der Waals surface area contributed by atoms with Crippen LogP contribution >= 0.6 is 0 Å². The molecule has 24 heavy (non-hydrogen) atoms. The lowest BCUT2D eigenvalue weighted by Crippen LogP contribution is -2.26. The van der Waals surface area contributed by atoms with E-state index in [1.165, 1.54) is 0 Å². The summed E-state index contributed by atoms with van der Waals surface area (Å²) in [7, 11) is -1.35. The van der Waals surface area contributed by atoms with E-state index in [0.717, 1.165) is 28.9 Å². The molecule has 0 saturated heterocycles. The van der Waals surface area contributed by atoms with E-state index in [4.69, 9.17) is 0 Å². The van der Waals surface area contributed by atoms with Crippen molar-refractivity contribution in [1.29, 1.82) is 0 Å². The zero-order valence-corrected chi connectivity index (χ0v) is 15.1. The van der Waals surface area contributed by atoms with E-state index >= 15 is 0 Å². The SMILES string of the molecule is CCCCC(=O)C[C@@H](NS(=O)c1ccc(C)cc1)c1ccccc1. The Morgan fingerprint density at radius 1 is 1.08 bits per heavy atom. The minimum absolute atomic E-state index is 0.208. The first-order valence-electron chi connectivity index (χ1n) is 8.41. The van der Waals surface area contributed by atoms with Crippen LogP contribution in [0.15, 0.2) is 59.5 Å². The van der Waals surface area contributed by atoms with Crippen molar-refractivity contribution in [3.8, 4) is 0 Å². The molecule has 128 valence electrons. The number of benzene rings is 2. The second kappa shape index (κ2) is 9.50. The molecule has 0 aliphatic heterocycles. The quantitative estimate of drug-likeness (QED) is 0.729. The first-order chi connectivity index (χ1) is 11.6. The van der Waals surface area contributed by atoms with Crippen LogP contribution < -0.4 is 4.72 Å². The molecule has 0 aliphatic rings. The third kappa shape index (κ3) is 5.69. The van der Waals surface area contributed by atoms with Crippen LogP contribution in [-0.4, -0.2) is 9.99 Å². The smallest absolute Gasteiger partial charge is 0.134 e. The summed E-state index contributed by atoms with van der Waals surface area (Å²) in [5, 5.41) is 0. The second-order valence-electron chi connectivity index (χ2n) is 6.01. The summed E-state index contributed by atoms with van der Waals surface area (Å²) in [5.74, 6) is 0.208. The van der Waals surface area contributed by atoms with Gasteiger partial charge in [-0.25, -0.2) is 8.93 Å². The molecule has 0 amide bonds. The molecule has 2 rings (SSSR count). The number of hydrogen-bond acceptors (Lipinski definition) is 2. The maximum Gasteiger partial charge on any atom is 0.134 e. The predicted molar refractivity (Wildman–Crippen MR) is 99.1 cm³/mol. The number of nitrogens with one attached hydrogen (secondary N) is 1. The summed E-state index contributed by atoms with van der Waals surface area (Å²) in [6.45, 7) is 4.08. The number of aryl methyl sites for hydroxylation is 1. The fourth-order valence-electron chi connectivity index (χ4n) is 2.48. The Labute approximate surface area is 147 Å². The molecular weight excluding hydrogens is 318 g/mol. The maximum atomic E-state index is 12.6. The molecule has 0 radical (unpaired) electrons. The third-order valence-corrected chi connectivity index (χ3v) is 5.13. The Morgan fingerprint density at radius 2 is 1.75 bits per heavy atom. The van der Waals surface area contributed by atoms with Gasteiger partial charge >= 0.3 is 0 Å². The highest BCUT2D eigenvalue weighted by Gasteiger charge is 2.18. The van der Waals surface area contributed by atoms with Crippen LogP contribution in [0.5, 0.6) is 0 Å². The summed E-state index contributed by atoms with van der Waals surface area (Å²) < 4.78 is 15.8. The largest absolute Gasteiger partial charge is 0.300 e. The van der Waals surface area contributed by atoms with Crippen LogP contribution in [0, 0.1) is 6.92 Å². The lowest BCUT2D eigenvalue weighted by Gasteiger charge is -2.18. The number of carbonyl (C=O) groups excluding carboxylic acids is 1. The first-order valence-corrected chi connectivity index (χ1v) is 9.56. The van der Waals surface area contributed by atoms with Gasteiger partial charge in [-0.05, 0) is 31.0 Å². The number of rotatable bonds is 9. The van der Waals surface area contributed by atoms with Crippen LogP contribution in [0.25, 0.3) is 0 Å². The van der Waals surface area contributed by atoms with Crippen LogP contribution in [0.3, 0.4) is 0 Å². The summed E-state index contributed by atoms with van der Waals surface area (Å²) in [4.78, 5) is 12.9. The summed E-state index contributed by atoms with van der Waals surface area (Å²) in [5.41, 5.74) is 2.12. The van der Waals surface area contributed by atoms with Gasteiger partial charge in [0.25, 0.3) is 0 Å². The number of hydrogen-bond donors (Lipinski definition) is 1. The van der Waals surface area contributed by atoms with Gasteiger partial charge in [0, 0.05) is 12.8 Å². The van der Waals surface area contributed by atoms with Crippen molar-refractivity contribution in [3.05, 3.63) is 65.7 Å². The van der Waals surface area contributed by atoms with Gasteiger partial charge in [0.1, 0.15) is 16.8 Å². The molecule has 0 heterocycles. The standard InChI is InChI=1S/C20H25NO2S/c1-3-4-10-18(22)15-20(17-8-6-5-7-9-17)21-24(23)19-13-11-16(2)12-14-19/h5-9,11-14,20-21H,3-4,10,15H2,1-2H3/t20-,24?/m1/s1. The highest BCUT2D eigenvalue weighted by atomic mass is 32.2. The van der Waals surface area contributed by atoms with Gasteiger partial charge < -0.3 is 0 Å². The van der Waals surface area contributed by atoms with E-state index in [1.807, 2.05) is 61.5 Å². The van der Waals surface area contributed by atoms with E-state index in [-0.39, 0.29) is 11.8 Å². The monoisotopic (exact) mass is 343 g/mol. The lowest BCUT2D eigenvalue weighted by atomic mass is 10.00. The van der Waals surface area contributed by atoms with Crippen molar-refractivity contribution < 1.29 is 9.00 Å². The van der Waals surface area contributed by atoms with Gasteiger partial charge in [0.15, 0.2) is 0 Å².